The van der Waals surface area contributed by atoms with Crippen LogP contribution in [0.1, 0.15) is 92.4 Å². The fourth-order valence-corrected chi connectivity index (χ4v) is 5.38. The quantitative estimate of drug-likeness (QED) is 0.183. The number of allylic oxidation sites excluding steroid dienone is 1. The van der Waals surface area contributed by atoms with Crippen molar-refractivity contribution in [2.75, 3.05) is 19.7 Å². The smallest absolute Gasteiger partial charge is 0.342 e. The third-order valence-electron chi connectivity index (χ3n) is 7.89. The average Bonchev–Trinajstić information content (AvgIpc) is 3.26. The molecular weight excluding hydrogens is 470 g/mol. The Morgan fingerprint density at radius 2 is 2.03 bits per heavy atom. The lowest BCUT2D eigenvalue weighted by Gasteiger charge is -2.41. The molecule has 0 radical (unpaired) electrons. The predicted octanol–water partition coefficient (Wildman–Crippen LogP) is 5.46. The van der Waals surface area contributed by atoms with Gasteiger partial charge >= 0.3 is 17.9 Å². The second kappa shape index (κ2) is 12.5. The molecule has 0 bridgehead atoms. The molecule has 1 aromatic carbocycles. The molecule has 3 rings (SSSR count). The summed E-state index contributed by atoms with van der Waals surface area (Å²) in [6, 6.07) is 0. The second-order valence-corrected chi connectivity index (χ2v) is 10.3. The number of carbonyl (C=O) groups is 3. The summed E-state index contributed by atoms with van der Waals surface area (Å²) < 4.78 is 16.5. The Bertz CT molecular complexity index is 1090. The standard InChI is InChI=1S/C30H41NO6/c1-7-9-10-11-16-35-28(33)20(4)30(6)18-31-15-14-22(30)12-13-24-23(8-2)19(3)25-17-36-29(34)26(25)27(24)37-21(5)32/h8,12,20,31H,2,7,9-11,13-18H2,1,3-6H3/b22-12+/t20?,30-/m0/s1. The van der Waals surface area contributed by atoms with Gasteiger partial charge in [0.05, 0.1) is 12.5 Å². The SMILES string of the molecule is C=Cc1c(C)c2c(c(OC(C)=O)c1C/C=C1\CCNC[C@@]1(C)C(C)C(=O)OCCCCCC)C(=O)OC2. The number of carbonyl (C=O) groups excluding carboxylic acids is 3. The van der Waals surface area contributed by atoms with Crippen LogP contribution >= 0.6 is 0 Å². The molecule has 37 heavy (non-hydrogen) atoms. The van der Waals surface area contributed by atoms with E-state index in [1.165, 1.54) is 6.92 Å². The van der Waals surface area contributed by atoms with Crippen molar-refractivity contribution in [1.29, 1.82) is 0 Å². The van der Waals surface area contributed by atoms with Crippen molar-refractivity contribution in [1.82, 2.24) is 5.32 Å². The van der Waals surface area contributed by atoms with Gasteiger partial charge in [-0.1, -0.05) is 64.3 Å². The van der Waals surface area contributed by atoms with Crippen molar-refractivity contribution >= 4 is 24.0 Å². The molecule has 1 saturated heterocycles. The van der Waals surface area contributed by atoms with Crippen LogP contribution in [0, 0.1) is 18.3 Å². The molecular formula is C30H41NO6. The zero-order chi connectivity index (χ0) is 27.2. The summed E-state index contributed by atoms with van der Waals surface area (Å²) in [6.45, 7) is 15.5. The number of ether oxygens (including phenoxy) is 3. The number of hydrogen-bond acceptors (Lipinski definition) is 7. The van der Waals surface area contributed by atoms with Gasteiger partial charge in [-0.15, -0.1) is 0 Å². The van der Waals surface area contributed by atoms with Crippen molar-refractivity contribution in [3.63, 3.8) is 0 Å². The maximum Gasteiger partial charge on any atom is 0.342 e. The molecule has 0 saturated carbocycles. The Morgan fingerprint density at radius 1 is 1.27 bits per heavy atom. The van der Waals surface area contributed by atoms with Crippen molar-refractivity contribution in [3.8, 4) is 5.75 Å². The molecule has 2 atom stereocenters. The van der Waals surface area contributed by atoms with Crippen LogP contribution < -0.4 is 10.1 Å². The minimum atomic E-state index is -0.503. The van der Waals surface area contributed by atoms with Gasteiger partial charge in [0, 0.05) is 30.0 Å². The first-order chi connectivity index (χ1) is 17.7. The molecule has 2 heterocycles. The summed E-state index contributed by atoms with van der Waals surface area (Å²) in [5.41, 5.74) is 4.22. The monoisotopic (exact) mass is 511 g/mol. The Morgan fingerprint density at radius 3 is 2.70 bits per heavy atom. The van der Waals surface area contributed by atoms with Crippen LogP contribution in [-0.4, -0.2) is 37.6 Å². The van der Waals surface area contributed by atoms with E-state index < -0.39 is 17.4 Å². The third-order valence-corrected chi connectivity index (χ3v) is 7.89. The number of rotatable bonds is 11. The normalized spacial score (nSPS) is 20.8. The fraction of sp³-hybridized carbons (Fsp3) is 0.567. The van der Waals surface area contributed by atoms with E-state index in [0.29, 0.717) is 25.1 Å². The van der Waals surface area contributed by atoms with E-state index in [2.05, 4.69) is 31.8 Å². The molecule has 1 N–H and O–H groups in total. The first-order valence-electron chi connectivity index (χ1n) is 13.4. The molecule has 0 spiro atoms. The lowest BCUT2D eigenvalue weighted by Crippen LogP contribution is -2.46. The topological polar surface area (TPSA) is 90.9 Å². The Hall–Kier alpha value is -2.93. The van der Waals surface area contributed by atoms with Gasteiger partial charge in [-0.25, -0.2) is 4.79 Å². The van der Waals surface area contributed by atoms with Gasteiger partial charge in [-0.05, 0) is 43.9 Å². The molecule has 202 valence electrons. The molecule has 7 heteroatoms. The number of benzene rings is 1. The molecule has 2 aliphatic heterocycles. The highest BCUT2D eigenvalue weighted by Crippen LogP contribution is 2.42. The number of piperidine rings is 1. The van der Waals surface area contributed by atoms with Gasteiger partial charge in [0.1, 0.15) is 17.9 Å². The van der Waals surface area contributed by atoms with Crippen LogP contribution in [0.15, 0.2) is 18.2 Å². The van der Waals surface area contributed by atoms with Crippen molar-refractivity contribution in [2.45, 2.75) is 79.8 Å². The summed E-state index contributed by atoms with van der Waals surface area (Å²) in [6.07, 6.45) is 9.29. The number of fused-ring (bicyclic) bond motifs is 1. The summed E-state index contributed by atoms with van der Waals surface area (Å²) in [5.74, 6) is -1.26. The maximum atomic E-state index is 13.0. The first kappa shape index (κ1) is 28.6. The molecule has 0 amide bonds. The largest absolute Gasteiger partial charge is 0.465 e. The number of cyclic esters (lactones) is 1. The van der Waals surface area contributed by atoms with Gasteiger partial charge in [0.15, 0.2) is 0 Å². The maximum absolute atomic E-state index is 13.0. The Balaban J connectivity index is 1.93. The molecule has 0 aliphatic carbocycles. The van der Waals surface area contributed by atoms with E-state index in [0.717, 1.165) is 66.5 Å². The van der Waals surface area contributed by atoms with E-state index in [1.807, 2.05) is 13.8 Å². The molecule has 1 unspecified atom stereocenters. The van der Waals surface area contributed by atoms with Crippen LogP contribution in [0.5, 0.6) is 5.75 Å². The van der Waals surface area contributed by atoms with Gasteiger partial charge in [0.2, 0.25) is 0 Å². The minimum Gasteiger partial charge on any atom is -0.465 e. The highest BCUT2D eigenvalue weighted by molar-refractivity contribution is 5.99. The fourth-order valence-electron chi connectivity index (χ4n) is 5.38. The molecule has 0 aromatic heterocycles. The van der Waals surface area contributed by atoms with Gasteiger partial charge in [-0.3, -0.25) is 9.59 Å². The van der Waals surface area contributed by atoms with Crippen LogP contribution in [0.2, 0.25) is 0 Å². The Kier molecular flexibility index (Phi) is 9.71. The predicted molar refractivity (Wildman–Crippen MR) is 143 cm³/mol. The summed E-state index contributed by atoms with van der Waals surface area (Å²) in [4.78, 5) is 37.6. The van der Waals surface area contributed by atoms with E-state index >= 15 is 0 Å². The van der Waals surface area contributed by atoms with Crippen LogP contribution in [0.4, 0.5) is 0 Å². The van der Waals surface area contributed by atoms with Gasteiger partial charge < -0.3 is 19.5 Å². The van der Waals surface area contributed by atoms with Gasteiger partial charge in [-0.2, -0.15) is 0 Å². The lowest BCUT2D eigenvalue weighted by atomic mass is 9.68. The molecule has 7 nitrogen and oxygen atoms in total. The summed E-state index contributed by atoms with van der Waals surface area (Å²) >= 11 is 0. The van der Waals surface area contributed by atoms with E-state index in [4.69, 9.17) is 14.2 Å². The first-order valence-corrected chi connectivity index (χ1v) is 13.4. The zero-order valence-corrected chi connectivity index (χ0v) is 23.0. The average molecular weight is 512 g/mol. The van der Waals surface area contributed by atoms with Crippen LogP contribution in [0.25, 0.3) is 6.08 Å². The minimum absolute atomic E-state index is 0.151. The zero-order valence-electron chi connectivity index (χ0n) is 23.0. The van der Waals surface area contributed by atoms with Crippen LogP contribution in [0.3, 0.4) is 0 Å². The van der Waals surface area contributed by atoms with Crippen molar-refractivity contribution < 1.29 is 28.6 Å². The third kappa shape index (κ3) is 6.15. The van der Waals surface area contributed by atoms with E-state index in [-0.39, 0.29) is 24.2 Å². The van der Waals surface area contributed by atoms with Crippen LogP contribution in [-0.2, 0) is 32.1 Å². The highest BCUT2D eigenvalue weighted by atomic mass is 16.6. The highest BCUT2D eigenvalue weighted by Gasteiger charge is 2.41. The molecule has 1 fully saturated rings. The van der Waals surface area contributed by atoms with Crippen molar-refractivity contribution in [3.05, 3.63) is 46.0 Å². The van der Waals surface area contributed by atoms with Crippen molar-refractivity contribution in [2.24, 2.45) is 11.3 Å². The summed E-state index contributed by atoms with van der Waals surface area (Å²) in [5, 5.41) is 3.44. The number of esters is 3. The van der Waals surface area contributed by atoms with Gasteiger partial charge in [0.25, 0.3) is 0 Å². The number of nitrogens with one attached hydrogen (secondary N) is 1. The second-order valence-electron chi connectivity index (χ2n) is 10.3. The molecule has 2 aliphatic rings. The number of unbranched alkanes of at least 4 members (excludes halogenated alkanes) is 3. The van der Waals surface area contributed by atoms with E-state index in [1.54, 1.807) is 6.08 Å². The lowest BCUT2D eigenvalue weighted by molar-refractivity contribution is -0.151. The van der Waals surface area contributed by atoms with E-state index in [9.17, 15) is 14.4 Å². The number of hydrogen-bond donors (Lipinski definition) is 1. The summed E-state index contributed by atoms with van der Waals surface area (Å²) in [7, 11) is 0. The molecule has 1 aromatic rings. The Labute approximate surface area is 220 Å².